The fourth-order valence-corrected chi connectivity index (χ4v) is 4.03. The normalized spacial score (nSPS) is 14.2. The van der Waals surface area contributed by atoms with Crippen molar-refractivity contribution in [2.45, 2.75) is 19.4 Å². The lowest BCUT2D eigenvalue weighted by Gasteiger charge is -2.11. The van der Waals surface area contributed by atoms with Gasteiger partial charge >= 0.3 is 0 Å². The van der Waals surface area contributed by atoms with Crippen LogP contribution in [-0.2, 0) is 6.54 Å². The van der Waals surface area contributed by atoms with Crippen molar-refractivity contribution in [3.8, 4) is 39.8 Å². The maximum absolute atomic E-state index is 12.7. The van der Waals surface area contributed by atoms with Gasteiger partial charge in [0.05, 0.1) is 44.5 Å². The molecule has 1 fully saturated rings. The van der Waals surface area contributed by atoms with Crippen LogP contribution in [0.3, 0.4) is 0 Å². The fourth-order valence-electron chi connectivity index (χ4n) is 4.03. The van der Waals surface area contributed by atoms with Crippen molar-refractivity contribution in [3.63, 3.8) is 0 Å². The zero-order valence-electron chi connectivity index (χ0n) is 20.3. The minimum Gasteiger partial charge on any atom is -0.497 e. The number of anilines is 1. The first kappa shape index (κ1) is 23.2. The lowest BCUT2D eigenvalue weighted by molar-refractivity contribution is 0.393. The summed E-state index contributed by atoms with van der Waals surface area (Å²) < 4.78 is 13.8. The van der Waals surface area contributed by atoms with E-state index in [0.717, 1.165) is 24.9 Å². The summed E-state index contributed by atoms with van der Waals surface area (Å²) in [5.41, 5.74) is 8.57. The van der Waals surface area contributed by atoms with Crippen molar-refractivity contribution < 1.29 is 9.47 Å². The van der Waals surface area contributed by atoms with E-state index >= 15 is 0 Å². The van der Waals surface area contributed by atoms with Gasteiger partial charge in [0.2, 0.25) is 0 Å². The Kier molecular flexibility index (Phi) is 5.96. The van der Waals surface area contributed by atoms with Gasteiger partial charge in [-0.1, -0.05) is 0 Å². The van der Waals surface area contributed by atoms with E-state index in [1.807, 2.05) is 17.1 Å². The molecule has 0 aliphatic heterocycles. The van der Waals surface area contributed by atoms with E-state index in [9.17, 15) is 4.79 Å². The lowest BCUT2D eigenvalue weighted by Crippen LogP contribution is -2.21. The third-order valence-corrected chi connectivity index (χ3v) is 6.13. The van der Waals surface area contributed by atoms with Crippen molar-refractivity contribution in [3.05, 3.63) is 59.3 Å². The highest BCUT2D eigenvalue weighted by Crippen LogP contribution is 2.45. The van der Waals surface area contributed by atoms with Gasteiger partial charge in [-0.2, -0.15) is 14.9 Å². The number of hydrogen-bond acceptors (Lipinski definition) is 9. The molecule has 4 aromatic rings. The molecule has 0 spiro atoms. The molecule has 36 heavy (non-hydrogen) atoms. The molecule has 1 aliphatic rings. The second-order valence-corrected chi connectivity index (χ2v) is 8.70. The van der Waals surface area contributed by atoms with Crippen LogP contribution in [0.15, 0.2) is 58.7 Å². The number of rotatable bonds is 8. The Hall–Kier alpha value is -4.54. The molecular formula is C25H26N8O3. The van der Waals surface area contributed by atoms with Crippen LogP contribution in [0.25, 0.3) is 28.3 Å². The van der Waals surface area contributed by atoms with Crippen LogP contribution in [0.1, 0.15) is 12.8 Å². The van der Waals surface area contributed by atoms with Crippen molar-refractivity contribution in [1.82, 2.24) is 29.5 Å². The molecule has 3 aromatic heterocycles. The zero-order valence-corrected chi connectivity index (χ0v) is 20.3. The molecule has 0 amide bonds. The van der Waals surface area contributed by atoms with Crippen LogP contribution < -0.4 is 20.8 Å². The first-order valence-corrected chi connectivity index (χ1v) is 11.4. The summed E-state index contributed by atoms with van der Waals surface area (Å²) in [5, 5.41) is 9.01. The van der Waals surface area contributed by atoms with Gasteiger partial charge in [-0.05, 0) is 18.9 Å². The van der Waals surface area contributed by atoms with E-state index in [0.29, 0.717) is 34.3 Å². The largest absolute Gasteiger partial charge is 0.497 e. The zero-order chi connectivity index (χ0) is 25.3. The topological polar surface area (TPSA) is 135 Å². The number of nitrogens with zero attached hydrogens (tertiary/aromatic N) is 7. The van der Waals surface area contributed by atoms with Crippen molar-refractivity contribution >= 4 is 12.0 Å². The number of benzene rings is 1. The Bertz CT molecular complexity index is 1480. The van der Waals surface area contributed by atoms with Gasteiger partial charge in [-0.25, -0.2) is 9.97 Å². The average molecular weight is 487 g/mol. The van der Waals surface area contributed by atoms with Crippen LogP contribution in [0.5, 0.6) is 11.5 Å². The minimum absolute atomic E-state index is 0.0937. The molecule has 1 saturated carbocycles. The number of nitrogens with two attached hydrogens (primary N) is 1. The molecule has 184 valence electrons. The molecule has 0 bridgehead atoms. The molecular weight excluding hydrogens is 460 g/mol. The van der Waals surface area contributed by atoms with E-state index in [-0.39, 0.29) is 16.8 Å². The molecule has 1 aromatic carbocycles. The van der Waals surface area contributed by atoms with E-state index in [1.165, 1.54) is 25.0 Å². The number of nitrogen functional groups attached to an aromatic ring is 1. The van der Waals surface area contributed by atoms with Crippen LogP contribution in [0, 0.1) is 5.41 Å². The van der Waals surface area contributed by atoms with Gasteiger partial charge < -0.3 is 20.2 Å². The van der Waals surface area contributed by atoms with Gasteiger partial charge in [0.15, 0.2) is 5.82 Å². The Morgan fingerprint density at radius 3 is 2.53 bits per heavy atom. The first-order valence-electron chi connectivity index (χ1n) is 11.4. The monoisotopic (exact) mass is 486 g/mol. The molecule has 5 rings (SSSR count). The van der Waals surface area contributed by atoms with Crippen molar-refractivity contribution in [2.75, 3.05) is 27.0 Å². The summed E-state index contributed by atoms with van der Waals surface area (Å²) >= 11 is 0. The Labute approximate surface area is 207 Å². The summed E-state index contributed by atoms with van der Waals surface area (Å²) in [6.45, 7) is 0.760. The van der Waals surface area contributed by atoms with Crippen LogP contribution in [0.4, 0.5) is 5.82 Å². The third kappa shape index (κ3) is 4.54. The summed E-state index contributed by atoms with van der Waals surface area (Å²) in [5.74, 6) is 1.25. The smallest absolute Gasteiger partial charge is 0.271 e. The van der Waals surface area contributed by atoms with E-state index in [2.05, 4.69) is 20.2 Å². The third-order valence-electron chi connectivity index (χ3n) is 6.13. The minimum atomic E-state index is -0.331. The highest BCUT2D eigenvalue weighted by Gasteiger charge is 2.41. The van der Waals surface area contributed by atoms with Gasteiger partial charge in [0.25, 0.3) is 5.56 Å². The first-order chi connectivity index (χ1) is 17.4. The van der Waals surface area contributed by atoms with Gasteiger partial charge in [-0.15, -0.1) is 0 Å². The number of hydrogen-bond donors (Lipinski definition) is 1. The van der Waals surface area contributed by atoms with Crippen LogP contribution in [0.2, 0.25) is 0 Å². The number of aromatic nitrogens is 6. The van der Waals surface area contributed by atoms with Crippen molar-refractivity contribution in [1.29, 1.82) is 0 Å². The molecule has 0 atom stereocenters. The summed E-state index contributed by atoms with van der Waals surface area (Å²) in [4.78, 5) is 25.9. The number of aliphatic imine (C=N–C) groups is 1. The van der Waals surface area contributed by atoms with Gasteiger partial charge in [-0.3, -0.25) is 9.48 Å². The molecule has 11 heteroatoms. The summed E-state index contributed by atoms with van der Waals surface area (Å²) in [6.07, 6.45) is 9.50. The summed E-state index contributed by atoms with van der Waals surface area (Å²) in [6, 6.07) is 8.08. The highest BCUT2D eigenvalue weighted by molar-refractivity contribution is 5.71. The van der Waals surface area contributed by atoms with Gasteiger partial charge in [0.1, 0.15) is 22.9 Å². The van der Waals surface area contributed by atoms with Crippen molar-refractivity contribution in [2.24, 2.45) is 10.4 Å². The van der Waals surface area contributed by atoms with Crippen LogP contribution in [-0.4, -0.2) is 57.0 Å². The molecule has 0 saturated heterocycles. The Morgan fingerprint density at radius 1 is 1.11 bits per heavy atom. The number of ether oxygens (including phenoxy) is 2. The fraction of sp³-hybridized carbons (Fsp3) is 0.280. The lowest BCUT2D eigenvalue weighted by atomic mass is 10.1. The maximum Gasteiger partial charge on any atom is 0.271 e. The summed E-state index contributed by atoms with van der Waals surface area (Å²) in [7, 11) is 4.87. The quantitative estimate of drug-likeness (QED) is 0.376. The molecule has 11 nitrogen and oxygen atoms in total. The highest BCUT2D eigenvalue weighted by atomic mass is 16.5. The molecule has 2 N–H and O–H groups in total. The van der Waals surface area contributed by atoms with E-state index < -0.39 is 0 Å². The standard InChI is InChI=1S/C25H26N8O3/c1-27-14-25(6-7-25)15-32-13-16(11-29-32)21-12-28-24(26)23(30-21)20-4-5-22(34)33(31-20)17-8-18(35-2)10-19(9-17)36-3/h4-5,8-14H,6-7,15H2,1-3H3,(H2,26,28)/b27-14-. The predicted octanol–water partition coefficient (Wildman–Crippen LogP) is 2.63. The Balaban J connectivity index is 1.50. The molecule has 0 unspecified atom stereocenters. The van der Waals surface area contributed by atoms with E-state index in [1.54, 1.807) is 43.7 Å². The second-order valence-electron chi connectivity index (χ2n) is 8.70. The van der Waals surface area contributed by atoms with Gasteiger partial charge in [0, 0.05) is 54.7 Å². The SMILES string of the molecule is C/N=C\C1(Cn2cc(-c3cnc(N)c(-c4ccc(=O)n(-c5cc(OC)cc(OC)c5)n4)n3)cn2)CC1. The van der Waals surface area contributed by atoms with E-state index in [4.69, 9.17) is 20.2 Å². The Morgan fingerprint density at radius 2 is 1.86 bits per heavy atom. The van der Waals surface area contributed by atoms with Crippen LogP contribution >= 0.6 is 0 Å². The molecule has 0 radical (unpaired) electrons. The molecule has 3 heterocycles. The number of methoxy groups -OCH3 is 2. The molecule has 1 aliphatic carbocycles. The maximum atomic E-state index is 12.7. The second kappa shape index (κ2) is 9.25. The predicted molar refractivity (Wildman–Crippen MR) is 136 cm³/mol. The average Bonchev–Trinajstić information content (AvgIpc) is 3.49.